The van der Waals surface area contributed by atoms with Crippen molar-refractivity contribution in [3.63, 3.8) is 0 Å². The summed E-state index contributed by atoms with van der Waals surface area (Å²) in [4.78, 5) is 24.9. The van der Waals surface area contributed by atoms with E-state index in [1.807, 2.05) is 0 Å². The van der Waals surface area contributed by atoms with Crippen molar-refractivity contribution in [3.05, 3.63) is 0 Å². The topological polar surface area (TPSA) is 77.8 Å². The highest BCUT2D eigenvalue weighted by atomic mass is 16.4. The first-order valence-electron chi connectivity index (χ1n) is 6.25. The molecule has 5 heteroatoms. The molecule has 2 N–H and O–H groups in total. The zero-order valence-electron chi connectivity index (χ0n) is 9.63. The Balaban J connectivity index is 1.72. The fourth-order valence-electron chi connectivity index (χ4n) is 3.35. The van der Waals surface area contributed by atoms with Crippen LogP contribution in [0.4, 0.5) is 0 Å². The van der Waals surface area contributed by atoms with Gasteiger partial charge < -0.3 is 15.1 Å². The normalized spacial score (nSPS) is 37.9. The van der Waals surface area contributed by atoms with Crippen molar-refractivity contribution in [3.8, 4) is 0 Å². The molecule has 3 unspecified atom stereocenters. The summed E-state index contributed by atoms with van der Waals surface area (Å²) in [5, 5.41) is 18.9. The molecule has 94 valence electrons. The average Bonchev–Trinajstić information content (AvgIpc) is 2.89. The highest BCUT2D eigenvalue weighted by Crippen LogP contribution is 2.49. The molecule has 0 aromatic heterocycles. The summed E-state index contributed by atoms with van der Waals surface area (Å²) in [6.45, 7) is 1.18. The first-order chi connectivity index (χ1) is 8.04. The van der Waals surface area contributed by atoms with Crippen LogP contribution in [0.3, 0.4) is 0 Å². The largest absolute Gasteiger partial charge is 0.480 e. The van der Waals surface area contributed by atoms with Gasteiger partial charge in [-0.2, -0.15) is 0 Å². The number of carboxylic acids is 1. The van der Waals surface area contributed by atoms with Gasteiger partial charge in [0.25, 0.3) is 0 Å². The number of carboxylic acid groups (broad SMARTS) is 1. The molecular weight excluding hydrogens is 222 g/mol. The number of carbonyl (C=O) groups excluding carboxylic acids is 1. The predicted octanol–water partition coefficient (Wildman–Crippen LogP) is 0.0805. The number of nitrogens with zero attached hydrogens (tertiary/aromatic N) is 1. The van der Waals surface area contributed by atoms with E-state index in [9.17, 15) is 14.7 Å². The Morgan fingerprint density at radius 3 is 2.41 bits per heavy atom. The van der Waals surface area contributed by atoms with E-state index in [0.29, 0.717) is 31.8 Å². The Bertz CT molecular complexity index is 377. The van der Waals surface area contributed by atoms with E-state index >= 15 is 0 Å². The number of aliphatic carboxylic acids is 1. The molecule has 0 spiro atoms. The minimum absolute atomic E-state index is 0.170. The van der Waals surface area contributed by atoms with E-state index in [1.54, 1.807) is 4.90 Å². The van der Waals surface area contributed by atoms with Gasteiger partial charge in [-0.3, -0.25) is 9.59 Å². The Kier molecular flexibility index (Phi) is 2.23. The molecule has 0 aromatic carbocycles. The van der Waals surface area contributed by atoms with Crippen LogP contribution in [-0.2, 0) is 9.59 Å². The summed E-state index contributed by atoms with van der Waals surface area (Å²) in [6.07, 6.45) is 2.40. The Hall–Kier alpha value is -1.10. The van der Waals surface area contributed by atoms with Crippen LogP contribution >= 0.6 is 0 Å². The van der Waals surface area contributed by atoms with E-state index in [2.05, 4.69) is 0 Å². The number of amides is 1. The van der Waals surface area contributed by atoms with Crippen LogP contribution in [0.5, 0.6) is 0 Å². The number of rotatable bonds is 2. The second kappa shape index (κ2) is 3.45. The first kappa shape index (κ1) is 11.0. The van der Waals surface area contributed by atoms with Crippen LogP contribution in [0, 0.1) is 17.3 Å². The number of hydrogen-bond acceptors (Lipinski definition) is 3. The number of hydrogen-bond donors (Lipinski definition) is 2. The lowest BCUT2D eigenvalue weighted by Crippen LogP contribution is -2.40. The maximum atomic E-state index is 12.2. The Morgan fingerprint density at radius 1 is 1.18 bits per heavy atom. The molecule has 2 saturated carbocycles. The minimum atomic E-state index is -1.12. The van der Waals surface area contributed by atoms with Crippen molar-refractivity contribution >= 4 is 11.9 Å². The molecule has 5 nitrogen and oxygen atoms in total. The van der Waals surface area contributed by atoms with Gasteiger partial charge in [-0.1, -0.05) is 0 Å². The summed E-state index contributed by atoms with van der Waals surface area (Å²) in [7, 11) is 0. The van der Waals surface area contributed by atoms with Crippen molar-refractivity contribution in [2.24, 2.45) is 17.3 Å². The van der Waals surface area contributed by atoms with E-state index < -0.39 is 11.4 Å². The molecule has 1 amide bonds. The lowest BCUT2D eigenvalue weighted by molar-refractivity contribution is -0.153. The van der Waals surface area contributed by atoms with Gasteiger partial charge in [0.1, 0.15) is 5.41 Å². The molecule has 2 aliphatic carbocycles. The molecule has 17 heavy (non-hydrogen) atoms. The number of aliphatic hydroxyl groups is 1. The summed E-state index contributed by atoms with van der Waals surface area (Å²) in [5.74, 6) is -0.672. The molecule has 3 fully saturated rings. The van der Waals surface area contributed by atoms with Crippen LogP contribution in [-0.4, -0.2) is 46.2 Å². The number of likely N-dealkylation sites (tertiary alicyclic amines) is 1. The van der Waals surface area contributed by atoms with Crippen LogP contribution < -0.4 is 0 Å². The maximum Gasteiger partial charge on any atom is 0.319 e. The van der Waals surface area contributed by atoms with E-state index in [4.69, 9.17) is 5.11 Å². The van der Waals surface area contributed by atoms with Crippen LogP contribution in [0.2, 0.25) is 0 Å². The molecule has 3 rings (SSSR count). The van der Waals surface area contributed by atoms with Gasteiger partial charge in [0.15, 0.2) is 0 Å². The molecule has 3 atom stereocenters. The Labute approximate surface area is 99.4 Å². The number of aliphatic hydroxyl groups excluding tert-OH is 1. The first-order valence-corrected chi connectivity index (χ1v) is 6.25. The Morgan fingerprint density at radius 2 is 1.88 bits per heavy atom. The van der Waals surface area contributed by atoms with Crippen LogP contribution in [0.15, 0.2) is 0 Å². The fraction of sp³-hybridized carbons (Fsp3) is 0.833. The maximum absolute atomic E-state index is 12.2. The molecular formula is C12H17NO4. The summed E-state index contributed by atoms with van der Waals surface area (Å²) in [5.41, 5.74) is -1.12. The number of fused-ring (bicyclic) bond motifs is 1. The summed E-state index contributed by atoms with van der Waals surface area (Å²) in [6, 6.07) is 0. The SMILES string of the molecule is O=C(O)C1(C(=O)N2CC3CCC(O)C3C2)CC1. The van der Waals surface area contributed by atoms with Crippen molar-refractivity contribution in [2.75, 3.05) is 13.1 Å². The third-order valence-corrected chi connectivity index (χ3v) is 4.68. The van der Waals surface area contributed by atoms with Crippen molar-refractivity contribution in [2.45, 2.75) is 31.8 Å². The monoisotopic (exact) mass is 239 g/mol. The predicted molar refractivity (Wildman–Crippen MR) is 58.1 cm³/mol. The fourth-order valence-corrected chi connectivity index (χ4v) is 3.35. The highest BCUT2D eigenvalue weighted by molar-refractivity contribution is 6.04. The van der Waals surface area contributed by atoms with Gasteiger partial charge in [0, 0.05) is 19.0 Å². The lowest BCUT2D eigenvalue weighted by atomic mass is 10.00. The van der Waals surface area contributed by atoms with Gasteiger partial charge in [0.05, 0.1) is 6.10 Å². The quantitative estimate of drug-likeness (QED) is 0.669. The highest BCUT2D eigenvalue weighted by Gasteiger charge is 2.60. The minimum Gasteiger partial charge on any atom is -0.480 e. The third kappa shape index (κ3) is 1.48. The molecule has 0 aromatic rings. The van der Waals surface area contributed by atoms with Crippen LogP contribution in [0.25, 0.3) is 0 Å². The van der Waals surface area contributed by atoms with Crippen molar-refractivity contribution < 1.29 is 19.8 Å². The molecule has 3 aliphatic rings. The smallest absolute Gasteiger partial charge is 0.319 e. The lowest BCUT2D eigenvalue weighted by Gasteiger charge is -2.21. The van der Waals surface area contributed by atoms with Crippen LogP contribution in [0.1, 0.15) is 25.7 Å². The standard InChI is InChI=1S/C12H17NO4/c14-9-2-1-7-5-13(6-8(7)9)10(15)12(3-4-12)11(16)17/h7-9,14H,1-6H2,(H,16,17). The summed E-state index contributed by atoms with van der Waals surface area (Å²) < 4.78 is 0. The third-order valence-electron chi connectivity index (χ3n) is 4.68. The van der Waals surface area contributed by atoms with Gasteiger partial charge in [0.2, 0.25) is 5.91 Å². The van der Waals surface area contributed by atoms with E-state index in [1.165, 1.54) is 0 Å². The second-order valence-electron chi connectivity index (χ2n) is 5.67. The van der Waals surface area contributed by atoms with Crippen molar-refractivity contribution in [1.82, 2.24) is 4.90 Å². The summed E-state index contributed by atoms with van der Waals surface area (Å²) >= 11 is 0. The van der Waals surface area contributed by atoms with Gasteiger partial charge in [-0.05, 0) is 31.6 Å². The molecule has 0 bridgehead atoms. The molecule has 1 saturated heterocycles. The second-order valence-corrected chi connectivity index (χ2v) is 5.67. The van der Waals surface area contributed by atoms with E-state index in [-0.39, 0.29) is 17.9 Å². The average molecular weight is 239 g/mol. The zero-order chi connectivity index (χ0) is 12.2. The van der Waals surface area contributed by atoms with Gasteiger partial charge >= 0.3 is 5.97 Å². The van der Waals surface area contributed by atoms with Gasteiger partial charge in [-0.15, -0.1) is 0 Å². The van der Waals surface area contributed by atoms with Gasteiger partial charge in [-0.25, -0.2) is 0 Å². The molecule has 1 heterocycles. The molecule has 0 radical (unpaired) electrons. The zero-order valence-corrected chi connectivity index (χ0v) is 9.63. The number of carbonyl (C=O) groups is 2. The molecule has 1 aliphatic heterocycles. The van der Waals surface area contributed by atoms with E-state index in [0.717, 1.165) is 12.8 Å². The van der Waals surface area contributed by atoms with Crippen molar-refractivity contribution in [1.29, 1.82) is 0 Å².